The van der Waals surface area contributed by atoms with E-state index in [4.69, 9.17) is 4.74 Å². The third-order valence-electron chi connectivity index (χ3n) is 4.67. The average Bonchev–Trinajstić information content (AvgIpc) is 2.69. The third-order valence-corrected chi connectivity index (χ3v) is 4.67. The molecule has 1 atom stereocenters. The molecular weight excluding hydrogens is 248 g/mol. The maximum absolute atomic E-state index is 10.6. The van der Waals surface area contributed by atoms with Gasteiger partial charge in [0, 0.05) is 0 Å². The maximum atomic E-state index is 10.6. The topological polar surface area (TPSA) is 29.5 Å². The van der Waals surface area contributed by atoms with Crippen LogP contribution in [-0.4, -0.2) is 12.2 Å². The number of rotatable bonds is 4. The Labute approximate surface area is 123 Å². The van der Waals surface area contributed by atoms with E-state index in [-0.39, 0.29) is 6.10 Å². The lowest BCUT2D eigenvalue weighted by molar-refractivity contribution is 0.138. The first-order valence-corrected chi connectivity index (χ1v) is 7.95. The van der Waals surface area contributed by atoms with Crippen molar-refractivity contribution < 1.29 is 9.84 Å². The molecule has 0 saturated heterocycles. The minimum atomic E-state index is -0.331. The minimum Gasteiger partial charge on any atom is -0.496 e. The Balaban J connectivity index is 2.08. The van der Waals surface area contributed by atoms with Gasteiger partial charge in [-0.1, -0.05) is 38.5 Å². The summed E-state index contributed by atoms with van der Waals surface area (Å²) in [6.07, 6.45) is 8.54. The predicted molar refractivity (Wildman–Crippen MR) is 83.2 cm³/mol. The number of methoxy groups -OCH3 is 1. The van der Waals surface area contributed by atoms with E-state index < -0.39 is 0 Å². The maximum Gasteiger partial charge on any atom is 0.122 e. The lowest BCUT2D eigenvalue weighted by atomic mass is 9.89. The molecule has 1 aromatic rings. The monoisotopic (exact) mass is 276 g/mol. The molecule has 0 aliphatic heterocycles. The fourth-order valence-electron chi connectivity index (χ4n) is 3.43. The van der Waals surface area contributed by atoms with Crippen LogP contribution in [0.4, 0.5) is 0 Å². The standard InChI is InChI=1S/C18H28O2/c1-13-11-18(20-3)14(2)10-16(13)17(19)12-15-8-6-4-5-7-9-15/h10-11,15,17,19H,4-9,12H2,1-3H3. The second-order valence-corrected chi connectivity index (χ2v) is 6.29. The van der Waals surface area contributed by atoms with E-state index in [0.29, 0.717) is 5.92 Å². The van der Waals surface area contributed by atoms with Gasteiger partial charge in [-0.15, -0.1) is 0 Å². The molecule has 0 amide bonds. The van der Waals surface area contributed by atoms with Gasteiger partial charge in [-0.3, -0.25) is 0 Å². The van der Waals surface area contributed by atoms with Crippen molar-refractivity contribution in [2.45, 2.75) is 64.9 Å². The average molecular weight is 276 g/mol. The fraction of sp³-hybridized carbons (Fsp3) is 0.667. The van der Waals surface area contributed by atoms with E-state index in [0.717, 1.165) is 28.9 Å². The van der Waals surface area contributed by atoms with Gasteiger partial charge in [-0.25, -0.2) is 0 Å². The summed E-state index contributed by atoms with van der Waals surface area (Å²) in [5.74, 6) is 1.60. The van der Waals surface area contributed by atoms with Gasteiger partial charge in [0.1, 0.15) is 5.75 Å². The summed E-state index contributed by atoms with van der Waals surface area (Å²) in [6.45, 7) is 4.10. The first kappa shape index (κ1) is 15.4. The fourth-order valence-corrected chi connectivity index (χ4v) is 3.43. The van der Waals surface area contributed by atoms with Gasteiger partial charge in [0.05, 0.1) is 13.2 Å². The van der Waals surface area contributed by atoms with Crippen molar-refractivity contribution in [1.82, 2.24) is 0 Å². The summed E-state index contributed by atoms with van der Waals surface area (Å²) in [7, 11) is 1.70. The SMILES string of the molecule is COc1cc(C)c(C(O)CC2CCCCCC2)cc1C. The summed E-state index contributed by atoms with van der Waals surface area (Å²) in [6, 6.07) is 4.14. The molecule has 1 aliphatic carbocycles. The molecule has 0 heterocycles. The zero-order valence-electron chi connectivity index (χ0n) is 13.1. The molecule has 1 aromatic carbocycles. The van der Waals surface area contributed by atoms with Gasteiger partial charge in [-0.2, -0.15) is 0 Å². The Bertz CT molecular complexity index is 431. The highest BCUT2D eigenvalue weighted by Gasteiger charge is 2.19. The van der Waals surface area contributed by atoms with Crippen LogP contribution in [0.25, 0.3) is 0 Å². The molecule has 0 aromatic heterocycles. The quantitative estimate of drug-likeness (QED) is 0.807. The normalized spacial score (nSPS) is 18.6. The van der Waals surface area contributed by atoms with Crippen molar-refractivity contribution in [3.8, 4) is 5.75 Å². The Morgan fingerprint density at radius 2 is 1.75 bits per heavy atom. The molecule has 1 fully saturated rings. The molecule has 1 saturated carbocycles. The van der Waals surface area contributed by atoms with E-state index in [9.17, 15) is 5.11 Å². The molecule has 2 rings (SSSR count). The molecule has 0 radical (unpaired) electrons. The molecule has 1 N–H and O–H groups in total. The molecule has 0 spiro atoms. The number of aryl methyl sites for hydroxylation is 2. The van der Waals surface area contributed by atoms with Crippen molar-refractivity contribution >= 4 is 0 Å². The van der Waals surface area contributed by atoms with Crippen LogP contribution in [0.15, 0.2) is 12.1 Å². The smallest absolute Gasteiger partial charge is 0.122 e. The van der Waals surface area contributed by atoms with Gasteiger partial charge in [0.15, 0.2) is 0 Å². The molecule has 20 heavy (non-hydrogen) atoms. The number of hydrogen-bond acceptors (Lipinski definition) is 2. The molecule has 1 unspecified atom stereocenters. The second-order valence-electron chi connectivity index (χ2n) is 6.29. The van der Waals surface area contributed by atoms with E-state index in [1.165, 1.54) is 38.5 Å². The third kappa shape index (κ3) is 3.76. The van der Waals surface area contributed by atoms with Crippen LogP contribution in [0.1, 0.15) is 67.7 Å². The van der Waals surface area contributed by atoms with E-state index in [2.05, 4.69) is 13.0 Å². The van der Waals surface area contributed by atoms with Gasteiger partial charge in [-0.05, 0) is 55.0 Å². The summed E-state index contributed by atoms with van der Waals surface area (Å²) >= 11 is 0. The van der Waals surface area contributed by atoms with Crippen LogP contribution in [-0.2, 0) is 0 Å². The van der Waals surface area contributed by atoms with E-state index in [1.807, 2.05) is 13.0 Å². The highest BCUT2D eigenvalue weighted by molar-refractivity contribution is 5.42. The van der Waals surface area contributed by atoms with Crippen LogP contribution in [0.3, 0.4) is 0 Å². The van der Waals surface area contributed by atoms with Crippen LogP contribution >= 0.6 is 0 Å². The molecule has 2 heteroatoms. The summed E-state index contributed by atoms with van der Waals surface area (Å²) in [5.41, 5.74) is 3.31. The van der Waals surface area contributed by atoms with E-state index in [1.54, 1.807) is 7.11 Å². The van der Waals surface area contributed by atoms with Gasteiger partial charge in [0.2, 0.25) is 0 Å². The van der Waals surface area contributed by atoms with Crippen molar-refractivity contribution in [3.05, 3.63) is 28.8 Å². The van der Waals surface area contributed by atoms with Crippen LogP contribution in [0, 0.1) is 19.8 Å². The van der Waals surface area contributed by atoms with Crippen LogP contribution in [0.2, 0.25) is 0 Å². The number of ether oxygens (including phenoxy) is 1. The lowest BCUT2D eigenvalue weighted by Gasteiger charge is -2.21. The summed E-state index contributed by atoms with van der Waals surface area (Å²) in [5, 5.41) is 10.6. The Kier molecular flexibility index (Phi) is 5.47. The largest absolute Gasteiger partial charge is 0.496 e. The second kappa shape index (κ2) is 7.12. The summed E-state index contributed by atoms with van der Waals surface area (Å²) < 4.78 is 5.35. The number of hydrogen-bond donors (Lipinski definition) is 1. The van der Waals surface area contributed by atoms with Gasteiger partial charge < -0.3 is 9.84 Å². The molecular formula is C18H28O2. The van der Waals surface area contributed by atoms with Crippen LogP contribution in [0.5, 0.6) is 5.75 Å². The Hall–Kier alpha value is -1.02. The van der Waals surface area contributed by atoms with E-state index >= 15 is 0 Å². The predicted octanol–water partition coefficient (Wildman–Crippen LogP) is 4.71. The zero-order valence-corrected chi connectivity index (χ0v) is 13.1. The van der Waals surface area contributed by atoms with Gasteiger partial charge >= 0.3 is 0 Å². The van der Waals surface area contributed by atoms with Crippen molar-refractivity contribution in [3.63, 3.8) is 0 Å². The molecule has 2 nitrogen and oxygen atoms in total. The van der Waals surface area contributed by atoms with Crippen molar-refractivity contribution in [1.29, 1.82) is 0 Å². The summed E-state index contributed by atoms with van der Waals surface area (Å²) in [4.78, 5) is 0. The van der Waals surface area contributed by atoms with Crippen molar-refractivity contribution in [2.75, 3.05) is 7.11 Å². The van der Waals surface area contributed by atoms with Gasteiger partial charge in [0.25, 0.3) is 0 Å². The van der Waals surface area contributed by atoms with Crippen LogP contribution < -0.4 is 4.74 Å². The minimum absolute atomic E-state index is 0.331. The Morgan fingerprint density at radius 1 is 1.10 bits per heavy atom. The zero-order chi connectivity index (χ0) is 14.5. The lowest BCUT2D eigenvalue weighted by Crippen LogP contribution is -2.09. The highest BCUT2D eigenvalue weighted by Crippen LogP contribution is 2.34. The molecule has 0 bridgehead atoms. The highest BCUT2D eigenvalue weighted by atomic mass is 16.5. The number of aliphatic hydroxyl groups excluding tert-OH is 1. The molecule has 112 valence electrons. The van der Waals surface area contributed by atoms with Crippen molar-refractivity contribution in [2.24, 2.45) is 5.92 Å². The first-order chi connectivity index (χ1) is 9.61. The molecule has 1 aliphatic rings. The Morgan fingerprint density at radius 3 is 2.35 bits per heavy atom. The first-order valence-electron chi connectivity index (χ1n) is 7.95. The number of benzene rings is 1. The number of aliphatic hydroxyl groups is 1.